The second-order valence-corrected chi connectivity index (χ2v) is 4.36. The summed E-state index contributed by atoms with van der Waals surface area (Å²) in [6.07, 6.45) is 3.56. The van der Waals surface area contributed by atoms with Gasteiger partial charge in [0.25, 0.3) is 0 Å². The van der Waals surface area contributed by atoms with Crippen molar-refractivity contribution >= 4 is 5.69 Å². The molecule has 3 rings (SSSR count). The molecule has 4 heteroatoms. The molecule has 0 spiro atoms. The van der Waals surface area contributed by atoms with Crippen molar-refractivity contribution < 1.29 is 0 Å². The van der Waals surface area contributed by atoms with Crippen molar-refractivity contribution in [1.82, 2.24) is 15.3 Å². The topological polar surface area (TPSA) is 41.1 Å². The Morgan fingerprint density at radius 3 is 2.56 bits per heavy atom. The standard InChI is InChI=1S/C14H16N4/c1-3-12(14-16-5-2-6-17-14)11-13(4-1)18-9-7-15-8-10-18/h1-6,11,15H,7-10H2. The molecule has 1 saturated heterocycles. The van der Waals surface area contributed by atoms with Gasteiger partial charge in [0.05, 0.1) is 0 Å². The van der Waals surface area contributed by atoms with Crippen LogP contribution in [0.3, 0.4) is 0 Å². The highest BCUT2D eigenvalue weighted by Crippen LogP contribution is 2.22. The zero-order valence-corrected chi connectivity index (χ0v) is 10.2. The van der Waals surface area contributed by atoms with Gasteiger partial charge in [-0.25, -0.2) is 9.97 Å². The summed E-state index contributed by atoms with van der Waals surface area (Å²) >= 11 is 0. The van der Waals surface area contributed by atoms with E-state index in [4.69, 9.17) is 0 Å². The van der Waals surface area contributed by atoms with Crippen molar-refractivity contribution in [3.8, 4) is 11.4 Å². The van der Waals surface area contributed by atoms with Gasteiger partial charge >= 0.3 is 0 Å². The van der Waals surface area contributed by atoms with Gasteiger partial charge in [-0.1, -0.05) is 12.1 Å². The summed E-state index contributed by atoms with van der Waals surface area (Å²) in [4.78, 5) is 11.0. The number of nitrogens with zero attached hydrogens (tertiary/aromatic N) is 3. The van der Waals surface area contributed by atoms with E-state index < -0.39 is 0 Å². The van der Waals surface area contributed by atoms with Gasteiger partial charge in [-0.15, -0.1) is 0 Å². The molecule has 18 heavy (non-hydrogen) atoms. The molecule has 1 aromatic carbocycles. The maximum atomic E-state index is 4.29. The predicted molar refractivity (Wildman–Crippen MR) is 72.6 cm³/mol. The first-order chi connectivity index (χ1) is 8.93. The molecule has 0 bridgehead atoms. The fraction of sp³-hybridized carbons (Fsp3) is 0.286. The molecular weight excluding hydrogens is 224 g/mol. The van der Waals surface area contributed by atoms with E-state index in [2.05, 4.69) is 44.5 Å². The van der Waals surface area contributed by atoms with E-state index in [1.807, 2.05) is 6.07 Å². The highest BCUT2D eigenvalue weighted by molar-refractivity contribution is 5.63. The van der Waals surface area contributed by atoms with Crippen molar-refractivity contribution in [3.63, 3.8) is 0 Å². The summed E-state index contributed by atoms with van der Waals surface area (Å²) in [5, 5.41) is 3.36. The Morgan fingerprint density at radius 2 is 1.78 bits per heavy atom. The number of nitrogens with one attached hydrogen (secondary N) is 1. The lowest BCUT2D eigenvalue weighted by Gasteiger charge is -2.29. The number of hydrogen-bond acceptors (Lipinski definition) is 4. The van der Waals surface area contributed by atoms with Crippen LogP contribution in [0.15, 0.2) is 42.7 Å². The monoisotopic (exact) mass is 240 g/mol. The molecule has 2 heterocycles. The molecule has 2 aromatic rings. The van der Waals surface area contributed by atoms with Crippen LogP contribution in [0, 0.1) is 0 Å². The van der Waals surface area contributed by atoms with E-state index >= 15 is 0 Å². The summed E-state index contributed by atoms with van der Waals surface area (Å²) in [6, 6.07) is 10.3. The van der Waals surface area contributed by atoms with Crippen molar-refractivity contribution in [2.45, 2.75) is 0 Å². The Bertz CT molecular complexity index is 506. The van der Waals surface area contributed by atoms with Crippen LogP contribution in [0.1, 0.15) is 0 Å². The molecule has 0 saturated carbocycles. The van der Waals surface area contributed by atoms with E-state index in [1.165, 1.54) is 5.69 Å². The van der Waals surface area contributed by atoms with Gasteiger partial charge in [0.1, 0.15) is 0 Å². The lowest BCUT2D eigenvalue weighted by Crippen LogP contribution is -2.43. The first-order valence-corrected chi connectivity index (χ1v) is 6.26. The Labute approximate surface area is 107 Å². The number of anilines is 1. The third kappa shape index (κ3) is 2.33. The zero-order chi connectivity index (χ0) is 12.2. The molecule has 1 fully saturated rings. The van der Waals surface area contributed by atoms with Crippen LogP contribution < -0.4 is 10.2 Å². The fourth-order valence-corrected chi connectivity index (χ4v) is 2.21. The van der Waals surface area contributed by atoms with Gasteiger partial charge in [-0.2, -0.15) is 0 Å². The zero-order valence-electron chi connectivity index (χ0n) is 10.2. The molecule has 0 atom stereocenters. The average Bonchev–Trinajstić information content (AvgIpc) is 2.49. The van der Waals surface area contributed by atoms with E-state index in [9.17, 15) is 0 Å². The van der Waals surface area contributed by atoms with Gasteiger partial charge in [-0.3, -0.25) is 0 Å². The molecule has 0 aliphatic carbocycles. The molecule has 0 radical (unpaired) electrons. The Hall–Kier alpha value is -1.94. The van der Waals surface area contributed by atoms with Gasteiger partial charge in [0, 0.05) is 49.8 Å². The van der Waals surface area contributed by atoms with Crippen molar-refractivity contribution in [2.24, 2.45) is 0 Å². The van der Waals surface area contributed by atoms with Crippen molar-refractivity contribution in [2.75, 3.05) is 31.1 Å². The van der Waals surface area contributed by atoms with Gasteiger partial charge in [0.15, 0.2) is 5.82 Å². The molecule has 1 N–H and O–H groups in total. The van der Waals surface area contributed by atoms with Gasteiger partial charge < -0.3 is 10.2 Å². The minimum absolute atomic E-state index is 0.787. The highest BCUT2D eigenvalue weighted by Gasteiger charge is 2.11. The molecule has 0 amide bonds. The molecule has 1 aliphatic rings. The smallest absolute Gasteiger partial charge is 0.159 e. The largest absolute Gasteiger partial charge is 0.369 e. The van der Waals surface area contributed by atoms with Crippen LogP contribution in [-0.4, -0.2) is 36.1 Å². The molecule has 1 aromatic heterocycles. The minimum atomic E-state index is 0.787. The SMILES string of the molecule is c1cnc(-c2cccc(N3CCNCC3)c2)nc1. The van der Waals surface area contributed by atoms with Crippen molar-refractivity contribution in [1.29, 1.82) is 0 Å². The third-order valence-corrected chi connectivity index (χ3v) is 3.15. The van der Waals surface area contributed by atoms with E-state index in [0.717, 1.165) is 37.6 Å². The minimum Gasteiger partial charge on any atom is -0.369 e. The van der Waals surface area contributed by atoms with Crippen LogP contribution in [0.25, 0.3) is 11.4 Å². The van der Waals surface area contributed by atoms with Crippen LogP contribution in [0.5, 0.6) is 0 Å². The number of rotatable bonds is 2. The fourth-order valence-electron chi connectivity index (χ4n) is 2.21. The van der Waals surface area contributed by atoms with E-state index in [1.54, 1.807) is 12.4 Å². The number of benzene rings is 1. The van der Waals surface area contributed by atoms with Gasteiger partial charge in [0.2, 0.25) is 0 Å². The summed E-state index contributed by atoms with van der Waals surface area (Å²) < 4.78 is 0. The average molecular weight is 240 g/mol. The lowest BCUT2D eigenvalue weighted by molar-refractivity contribution is 0.589. The molecule has 4 nitrogen and oxygen atoms in total. The van der Waals surface area contributed by atoms with Crippen LogP contribution in [0.4, 0.5) is 5.69 Å². The van der Waals surface area contributed by atoms with Crippen LogP contribution in [0.2, 0.25) is 0 Å². The normalized spacial score (nSPS) is 15.7. The molecular formula is C14H16N4. The summed E-state index contributed by atoms with van der Waals surface area (Å²) in [5.41, 5.74) is 2.33. The highest BCUT2D eigenvalue weighted by atomic mass is 15.2. The quantitative estimate of drug-likeness (QED) is 0.864. The Morgan fingerprint density at radius 1 is 1.00 bits per heavy atom. The second-order valence-electron chi connectivity index (χ2n) is 4.36. The van der Waals surface area contributed by atoms with Crippen LogP contribution in [-0.2, 0) is 0 Å². The molecule has 1 aliphatic heterocycles. The maximum absolute atomic E-state index is 4.29. The van der Waals surface area contributed by atoms with E-state index in [0.29, 0.717) is 0 Å². The Kier molecular flexibility index (Phi) is 3.19. The predicted octanol–water partition coefficient (Wildman–Crippen LogP) is 1.55. The van der Waals surface area contributed by atoms with Crippen molar-refractivity contribution in [3.05, 3.63) is 42.7 Å². The first kappa shape index (κ1) is 11.2. The summed E-state index contributed by atoms with van der Waals surface area (Å²) in [6.45, 7) is 4.20. The molecule has 92 valence electrons. The number of hydrogen-bond donors (Lipinski definition) is 1. The first-order valence-electron chi connectivity index (χ1n) is 6.26. The summed E-state index contributed by atoms with van der Waals surface area (Å²) in [5.74, 6) is 0.787. The van der Waals surface area contributed by atoms with Gasteiger partial charge in [-0.05, 0) is 18.2 Å². The van der Waals surface area contributed by atoms with Crippen LogP contribution >= 0.6 is 0 Å². The van der Waals surface area contributed by atoms with E-state index in [-0.39, 0.29) is 0 Å². The summed E-state index contributed by atoms with van der Waals surface area (Å²) in [7, 11) is 0. The molecule has 0 unspecified atom stereocenters. The second kappa shape index (κ2) is 5.14. The number of aromatic nitrogens is 2. The third-order valence-electron chi connectivity index (χ3n) is 3.15. The number of piperazine rings is 1. The lowest BCUT2D eigenvalue weighted by atomic mass is 10.1. The maximum Gasteiger partial charge on any atom is 0.159 e. The Balaban J connectivity index is 1.89.